The molecule has 150 valence electrons. The van der Waals surface area contributed by atoms with Crippen molar-refractivity contribution in [3.63, 3.8) is 0 Å². The average Bonchev–Trinajstić information content (AvgIpc) is 3.46. The molecule has 0 radical (unpaired) electrons. The Morgan fingerprint density at radius 3 is 2.66 bits per heavy atom. The summed E-state index contributed by atoms with van der Waals surface area (Å²) in [7, 11) is 0. The Hall–Kier alpha value is -2.93. The largest absolute Gasteiger partial charge is 0.452 e. The van der Waals surface area contributed by atoms with E-state index in [0.29, 0.717) is 12.1 Å². The number of ether oxygens (including phenoxy) is 1. The van der Waals surface area contributed by atoms with Crippen LogP contribution in [0.5, 0.6) is 0 Å². The van der Waals surface area contributed by atoms with Crippen molar-refractivity contribution in [3.8, 4) is 5.69 Å². The van der Waals surface area contributed by atoms with Crippen LogP contribution in [-0.2, 0) is 9.53 Å². The zero-order valence-electron chi connectivity index (χ0n) is 16.5. The zero-order valence-corrected chi connectivity index (χ0v) is 17.3. The number of aromatic nitrogens is 2. The summed E-state index contributed by atoms with van der Waals surface area (Å²) in [4.78, 5) is 28.0. The highest BCUT2D eigenvalue weighted by Crippen LogP contribution is 2.34. The van der Waals surface area contributed by atoms with Gasteiger partial charge in [0, 0.05) is 17.1 Å². The fourth-order valence-electron chi connectivity index (χ4n) is 3.76. The number of rotatable bonds is 5. The van der Waals surface area contributed by atoms with E-state index >= 15 is 0 Å². The van der Waals surface area contributed by atoms with Crippen molar-refractivity contribution in [2.24, 2.45) is 0 Å². The SMILES string of the molecule is Cc1cc(C)n(-c2ccc(C(=O)OCC(=O)N3CCCC3c3cccs3)cc2)n1. The van der Waals surface area contributed by atoms with E-state index in [9.17, 15) is 9.59 Å². The Balaban J connectivity index is 1.37. The summed E-state index contributed by atoms with van der Waals surface area (Å²) in [5.74, 6) is -0.640. The van der Waals surface area contributed by atoms with E-state index in [2.05, 4.69) is 11.2 Å². The van der Waals surface area contributed by atoms with Crippen molar-refractivity contribution >= 4 is 23.2 Å². The van der Waals surface area contributed by atoms with Crippen molar-refractivity contribution in [2.75, 3.05) is 13.2 Å². The maximum absolute atomic E-state index is 12.6. The molecule has 7 heteroatoms. The number of hydrogen-bond acceptors (Lipinski definition) is 5. The Kier molecular flexibility index (Phi) is 5.49. The van der Waals surface area contributed by atoms with Gasteiger partial charge in [-0.25, -0.2) is 9.48 Å². The van der Waals surface area contributed by atoms with Gasteiger partial charge < -0.3 is 9.64 Å². The molecule has 1 fully saturated rings. The van der Waals surface area contributed by atoms with Gasteiger partial charge in [-0.05, 0) is 68.5 Å². The number of carbonyl (C=O) groups excluding carboxylic acids is 2. The lowest BCUT2D eigenvalue weighted by atomic mass is 10.2. The number of nitrogens with zero attached hydrogens (tertiary/aromatic N) is 3. The summed E-state index contributed by atoms with van der Waals surface area (Å²) in [5.41, 5.74) is 3.25. The molecule has 1 aliphatic rings. The minimum absolute atomic E-state index is 0.0984. The molecule has 3 heterocycles. The van der Waals surface area contributed by atoms with Gasteiger partial charge in [0.15, 0.2) is 6.61 Å². The molecule has 0 spiro atoms. The van der Waals surface area contributed by atoms with E-state index in [4.69, 9.17) is 4.74 Å². The number of carbonyl (C=O) groups is 2. The van der Waals surface area contributed by atoms with Gasteiger partial charge in [-0.3, -0.25) is 4.79 Å². The minimum atomic E-state index is -0.495. The molecular formula is C22H23N3O3S. The van der Waals surface area contributed by atoms with E-state index in [1.54, 1.807) is 23.5 Å². The Morgan fingerprint density at radius 1 is 1.21 bits per heavy atom. The molecule has 6 nitrogen and oxygen atoms in total. The van der Waals surface area contributed by atoms with Crippen LogP contribution in [0.2, 0.25) is 0 Å². The lowest BCUT2D eigenvalue weighted by Gasteiger charge is -2.23. The van der Waals surface area contributed by atoms with Crippen LogP contribution >= 0.6 is 11.3 Å². The van der Waals surface area contributed by atoms with E-state index < -0.39 is 5.97 Å². The first-order valence-electron chi connectivity index (χ1n) is 9.66. The summed E-state index contributed by atoms with van der Waals surface area (Å²) in [6.07, 6.45) is 1.92. The first kappa shape index (κ1) is 19.4. The molecule has 1 atom stereocenters. The Morgan fingerprint density at radius 2 is 2.00 bits per heavy atom. The Labute approximate surface area is 173 Å². The van der Waals surface area contributed by atoms with Crippen LogP contribution in [0.1, 0.15) is 45.5 Å². The summed E-state index contributed by atoms with van der Waals surface area (Å²) in [5, 5.41) is 6.46. The fraction of sp³-hybridized carbons (Fsp3) is 0.318. The van der Waals surface area contributed by atoms with Crippen LogP contribution in [0.25, 0.3) is 5.69 Å². The molecule has 0 aliphatic carbocycles. The van der Waals surface area contributed by atoms with Gasteiger partial charge in [-0.2, -0.15) is 5.10 Å². The van der Waals surface area contributed by atoms with Gasteiger partial charge in [0.2, 0.25) is 0 Å². The molecule has 0 N–H and O–H groups in total. The van der Waals surface area contributed by atoms with Gasteiger partial charge in [0.25, 0.3) is 5.91 Å². The third kappa shape index (κ3) is 4.10. The molecular weight excluding hydrogens is 386 g/mol. The van der Waals surface area contributed by atoms with Crippen molar-refractivity contribution in [1.29, 1.82) is 0 Å². The standard InChI is InChI=1S/C22H23N3O3S/c1-15-13-16(2)25(23-15)18-9-7-17(8-10-18)22(27)28-14-21(26)24-11-3-5-19(24)20-6-4-12-29-20/h4,6-10,12-13,19H,3,5,11,14H2,1-2H3. The maximum Gasteiger partial charge on any atom is 0.338 e. The van der Waals surface area contributed by atoms with Gasteiger partial charge in [-0.1, -0.05) is 6.07 Å². The first-order valence-corrected chi connectivity index (χ1v) is 10.5. The summed E-state index contributed by atoms with van der Waals surface area (Å²) in [6.45, 7) is 4.39. The number of thiophene rings is 1. The normalized spacial score (nSPS) is 16.2. The molecule has 1 amide bonds. The highest BCUT2D eigenvalue weighted by Gasteiger charge is 2.31. The van der Waals surface area contributed by atoms with E-state index in [-0.39, 0.29) is 18.6 Å². The van der Waals surface area contributed by atoms with Crippen molar-refractivity contribution in [2.45, 2.75) is 32.7 Å². The number of amides is 1. The number of aryl methyl sites for hydroxylation is 2. The van der Waals surface area contributed by atoms with E-state index in [1.807, 2.05) is 53.1 Å². The molecule has 1 aromatic carbocycles. The van der Waals surface area contributed by atoms with Crippen LogP contribution in [0.4, 0.5) is 0 Å². The smallest absolute Gasteiger partial charge is 0.338 e. The summed E-state index contributed by atoms with van der Waals surface area (Å²) < 4.78 is 7.12. The van der Waals surface area contributed by atoms with Crippen LogP contribution in [0, 0.1) is 13.8 Å². The van der Waals surface area contributed by atoms with Crippen molar-refractivity contribution < 1.29 is 14.3 Å². The molecule has 2 aromatic heterocycles. The van der Waals surface area contributed by atoms with Gasteiger partial charge >= 0.3 is 5.97 Å². The van der Waals surface area contributed by atoms with Gasteiger partial charge in [-0.15, -0.1) is 11.3 Å². The molecule has 4 rings (SSSR count). The third-order valence-corrected chi connectivity index (χ3v) is 6.10. The molecule has 29 heavy (non-hydrogen) atoms. The second-order valence-corrected chi connectivity index (χ2v) is 8.20. The minimum Gasteiger partial charge on any atom is -0.452 e. The molecule has 1 saturated heterocycles. The lowest BCUT2D eigenvalue weighted by Crippen LogP contribution is -2.34. The average molecular weight is 410 g/mol. The zero-order chi connectivity index (χ0) is 20.4. The number of benzene rings is 1. The lowest BCUT2D eigenvalue weighted by molar-refractivity contribution is -0.135. The highest BCUT2D eigenvalue weighted by molar-refractivity contribution is 7.10. The number of likely N-dealkylation sites (tertiary alicyclic amines) is 1. The van der Waals surface area contributed by atoms with Gasteiger partial charge in [0.05, 0.1) is 23.0 Å². The fourth-order valence-corrected chi connectivity index (χ4v) is 4.64. The van der Waals surface area contributed by atoms with Crippen LogP contribution in [0.15, 0.2) is 47.8 Å². The quantitative estimate of drug-likeness (QED) is 0.596. The second kappa shape index (κ2) is 8.21. The number of hydrogen-bond donors (Lipinski definition) is 0. The highest BCUT2D eigenvalue weighted by atomic mass is 32.1. The predicted molar refractivity (Wildman–Crippen MR) is 111 cm³/mol. The molecule has 1 aliphatic heterocycles. The van der Waals surface area contributed by atoms with Crippen molar-refractivity contribution in [3.05, 3.63) is 69.7 Å². The van der Waals surface area contributed by atoms with Crippen LogP contribution in [0.3, 0.4) is 0 Å². The predicted octanol–water partition coefficient (Wildman–Crippen LogP) is 4.07. The Bertz CT molecular complexity index is 1010. The molecule has 0 saturated carbocycles. The summed E-state index contributed by atoms with van der Waals surface area (Å²) >= 11 is 1.66. The second-order valence-electron chi connectivity index (χ2n) is 7.22. The topological polar surface area (TPSA) is 64.4 Å². The van der Waals surface area contributed by atoms with Crippen molar-refractivity contribution in [1.82, 2.24) is 14.7 Å². The molecule has 3 aromatic rings. The maximum atomic E-state index is 12.6. The number of esters is 1. The van der Waals surface area contributed by atoms with E-state index in [1.165, 1.54) is 4.88 Å². The monoisotopic (exact) mass is 409 g/mol. The third-order valence-electron chi connectivity index (χ3n) is 5.13. The van der Waals surface area contributed by atoms with Gasteiger partial charge in [0.1, 0.15) is 0 Å². The molecule has 1 unspecified atom stereocenters. The van der Waals surface area contributed by atoms with Crippen LogP contribution < -0.4 is 0 Å². The molecule has 0 bridgehead atoms. The first-order chi connectivity index (χ1) is 14.0. The van der Waals surface area contributed by atoms with Crippen LogP contribution in [-0.4, -0.2) is 39.7 Å². The summed E-state index contributed by atoms with van der Waals surface area (Å²) in [6, 6.07) is 13.2. The van der Waals surface area contributed by atoms with E-state index in [0.717, 1.165) is 29.9 Å².